The van der Waals surface area contributed by atoms with Crippen molar-refractivity contribution in [2.24, 2.45) is 5.92 Å². The molecule has 0 nitrogen and oxygen atoms in total. The van der Waals surface area contributed by atoms with Crippen LogP contribution in [0.15, 0.2) is 11.6 Å². The Morgan fingerprint density at radius 3 is 2.08 bits per heavy atom. The van der Waals surface area contributed by atoms with E-state index < -0.39 is 11.7 Å². The van der Waals surface area contributed by atoms with Crippen molar-refractivity contribution < 1.29 is 13.2 Å². The molecule has 0 fully saturated rings. The summed E-state index contributed by atoms with van der Waals surface area (Å²) in [5.41, 5.74) is -0.406. The van der Waals surface area contributed by atoms with E-state index in [1.807, 2.05) is 13.8 Å². The van der Waals surface area contributed by atoms with Gasteiger partial charge in [0.1, 0.15) is 0 Å². The summed E-state index contributed by atoms with van der Waals surface area (Å²) in [5, 5.41) is 0. The minimum Gasteiger partial charge on any atom is -0.166 e. The molecule has 0 aromatic heterocycles. The van der Waals surface area contributed by atoms with Gasteiger partial charge in [0.25, 0.3) is 0 Å². The zero-order chi connectivity index (χ0) is 9.78. The Morgan fingerprint density at radius 2 is 1.83 bits per heavy atom. The maximum Gasteiger partial charge on any atom is 0.412 e. The standard InChI is InChI=1S/C9H15F3/c1-4-8(9(10,11)12)6-5-7(2)3/h6-7H,4-5H2,1-3H3/b8-6+. The van der Waals surface area contributed by atoms with E-state index in [0.29, 0.717) is 6.42 Å². The van der Waals surface area contributed by atoms with Crippen molar-refractivity contribution in [1.82, 2.24) is 0 Å². The molecule has 0 aliphatic carbocycles. The lowest BCUT2D eigenvalue weighted by molar-refractivity contribution is -0.0938. The van der Waals surface area contributed by atoms with Gasteiger partial charge in [0.15, 0.2) is 0 Å². The first-order valence-electron chi connectivity index (χ1n) is 4.14. The quantitative estimate of drug-likeness (QED) is 0.577. The maximum atomic E-state index is 12.1. The van der Waals surface area contributed by atoms with Gasteiger partial charge in [-0.15, -0.1) is 0 Å². The molecule has 72 valence electrons. The smallest absolute Gasteiger partial charge is 0.166 e. The molecule has 0 atom stereocenters. The number of alkyl halides is 3. The van der Waals surface area contributed by atoms with Crippen LogP contribution in [0.25, 0.3) is 0 Å². The highest BCUT2D eigenvalue weighted by atomic mass is 19.4. The summed E-state index contributed by atoms with van der Waals surface area (Å²) in [6, 6.07) is 0. The van der Waals surface area contributed by atoms with E-state index in [1.54, 1.807) is 0 Å². The second-order valence-corrected chi connectivity index (χ2v) is 3.21. The van der Waals surface area contributed by atoms with Crippen LogP contribution >= 0.6 is 0 Å². The zero-order valence-corrected chi connectivity index (χ0v) is 7.70. The number of halogens is 3. The summed E-state index contributed by atoms with van der Waals surface area (Å²) in [4.78, 5) is 0. The van der Waals surface area contributed by atoms with Gasteiger partial charge in [-0.2, -0.15) is 13.2 Å². The summed E-state index contributed by atoms with van der Waals surface area (Å²) in [7, 11) is 0. The molecule has 0 saturated carbocycles. The van der Waals surface area contributed by atoms with Gasteiger partial charge in [-0.3, -0.25) is 0 Å². The van der Waals surface area contributed by atoms with Crippen LogP contribution in [-0.4, -0.2) is 6.18 Å². The molecule has 0 amide bonds. The van der Waals surface area contributed by atoms with Gasteiger partial charge in [-0.05, 0) is 18.8 Å². The SMILES string of the molecule is CC/C(=C\CC(C)C)C(F)(F)F. The molecule has 0 rings (SSSR count). The van der Waals surface area contributed by atoms with E-state index in [-0.39, 0.29) is 12.3 Å². The van der Waals surface area contributed by atoms with Crippen molar-refractivity contribution in [1.29, 1.82) is 0 Å². The monoisotopic (exact) mass is 180 g/mol. The van der Waals surface area contributed by atoms with Gasteiger partial charge in [0.2, 0.25) is 0 Å². The summed E-state index contributed by atoms with van der Waals surface area (Å²) >= 11 is 0. The first kappa shape index (κ1) is 11.5. The lowest BCUT2D eigenvalue weighted by atomic mass is 10.1. The average molecular weight is 180 g/mol. The van der Waals surface area contributed by atoms with E-state index in [9.17, 15) is 13.2 Å². The predicted molar refractivity (Wildman–Crippen MR) is 43.9 cm³/mol. The normalized spacial score (nSPS) is 14.1. The highest BCUT2D eigenvalue weighted by molar-refractivity contribution is 5.08. The van der Waals surface area contributed by atoms with Gasteiger partial charge in [0.05, 0.1) is 0 Å². The van der Waals surface area contributed by atoms with Crippen molar-refractivity contribution in [3.8, 4) is 0 Å². The van der Waals surface area contributed by atoms with Crippen LogP contribution < -0.4 is 0 Å². The number of allylic oxidation sites excluding steroid dienone is 2. The van der Waals surface area contributed by atoms with E-state index in [4.69, 9.17) is 0 Å². The Balaban J connectivity index is 4.24. The Bertz CT molecular complexity index is 154. The lowest BCUT2D eigenvalue weighted by Crippen LogP contribution is -2.11. The van der Waals surface area contributed by atoms with Crippen LogP contribution in [0, 0.1) is 5.92 Å². The third-order valence-corrected chi connectivity index (χ3v) is 1.58. The highest BCUT2D eigenvalue weighted by Gasteiger charge is 2.31. The minimum atomic E-state index is -4.14. The third kappa shape index (κ3) is 4.42. The molecule has 0 N–H and O–H groups in total. The van der Waals surface area contributed by atoms with Crippen LogP contribution in [0.3, 0.4) is 0 Å². The van der Waals surface area contributed by atoms with Crippen molar-refractivity contribution in [3.63, 3.8) is 0 Å². The Kier molecular flexibility index (Phi) is 4.35. The molecule has 0 aromatic carbocycles. The molecule has 0 heterocycles. The van der Waals surface area contributed by atoms with Crippen LogP contribution in [0.2, 0.25) is 0 Å². The molecular weight excluding hydrogens is 165 g/mol. The third-order valence-electron chi connectivity index (χ3n) is 1.58. The second kappa shape index (κ2) is 4.53. The first-order chi connectivity index (χ1) is 5.38. The van der Waals surface area contributed by atoms with Crippen molar-refractivity contribution >= 4 is 0 Å². The van der Waals surface area contributed by atoms with Gasteiger partial charge < -0.3 is 0 Å². The summed E-state index contributed by atoms with van der Waals surface area (Å²) in [6.45, 7) is 5.33. The fourth-order valence-electron chi connectivity index (χ4n) is 0.838. The molecule has 0 spiro atoms. The largest absolute Gasteiger partial charge is 0.412 e. The van der Waals surface area contributed by atoms with Crippen LogP contribution in [0.1, 0.15) is 33.6 Å². The van der Waals surface area contributed by atoms with E-state index in [0.717, 1.165) is 0 Å². The molecule has 0 saturated heterocycles. The molecule has 0 aliphatic rings. The number of hydrogen-bond donors (Lipinski definition) is 0. The van der Waals surface area contributed by atoms with E-state index in [1.165, 1.54) is 13.0 Å². The van der Waals surface area contributed by atoms with Crippen LogP contribution in [0.5, 0.6) is 0 Å². The lowest BCUT2D eigenvalue weighted by Gasteiger charge is -2.09. The highest BCUT2D eigenvalue weighted by Crippen LogP contribution is 2.28. The number of rotatable bonds is 3. The molecule has 0 bridgehead atoms. The van der Waals surface area contributed by atoms with Crippen molar-refractivity contribution in [3.05, 3.63) is 11.6 Å². The Morgan fingerprint density at radius 1 is 1.33 bits per heavy atom. The molecule has 3 heteroatoms. The van der Waals surface area contributed by atoms with Crippen LogP contribution in [0.4, 0.5) is 13.2 Å². The van der Waals surface area contributed by atoms with Crippen molar-refractivity contribution in [2.75, 3.05) is 0 Å². The predicted octanol–water partition coefficient (Wildman–Crippen LogP) is 3.93. The Labute approximate surface area is 71.5 Å². The minimum absolute atomic E-state index is 0.0657. The van der Waals surface area contributed by atoms with Gasteiger partial charge in [-0.25, -0.2) is 0 Å². The summed E-state index contributed by atoms with van der Waals surface area (Å²) in [6.07, 6.45) is -2.27. The first-order valence-corrected chi connectivity index (χ1v) is 4.14. The van der Waals surface area contributed by atoms with E-state index >= 15 is 0 Å². The van der Waals surface area contributed by atoms with Crippen molar-refractivity contribution in [2.45, 2.75) is 39.8 Å². The zero-order valence-electron chi connectivity index (χ0n) is 7.70. The maximum absolute atomic E-state index is 12.1. The second-order valence-electron chi connectivity index (χ2n) is 3.21. The molecule has 0 unspecified atom stereocenters. The molecular formula is C9H15F3. The number of hydrogen-bond acceptors (Lipinski definition) is 0. The molecule has 0 radical (unpaired) electrons. The topological polar surface area (TPSA) is 0 Å². The van der Waals surface area contributed by atoms with Gasteiger partial charge in [-0.1, -0.05) is 26.8 Å². The Hall–Kier alpha value is -0.470. The average Bonchev–Trinajstić information content (AvgIpc) is 1.85. The van der Waals surface area contributed by atoms with Gasteiger partial charge >= 0.3 is 6.18 Å². The fraction of sp³-hybridized carbons (Fsp3) is 0.778. The molecule has 0 aliphatic heterocycles. The molecule has 12 heavy (non-hydrogen) atoms. The fourth-order valence-corrected chi connectivity index (χ4v) is 0.838. The van der Waals surface area contributed by atoms with E-state index in [2.05, 4.69) is 0 Å². The summed E-state index contributed by atoms with van der Waals surface area (Å²) < 4.78 is 36.3. The summed E-state index contributed by atoms with van der Waals surface area (Å²) in [5.74, 6) is 0.286. The van der Waals surface area contributed by atoms with Crippen LogP contribution in [-0.2, 0) is 0 Å². The molecule has 0 aromatic rings. The van der Waals surface area contributed by atoms with Gasteiger partial charge in [0, 0.05) is 5.57 Å².